The third kappa shape index (κ3) is 4.30. The lowest BCUT2D eigenvalue weighted by molar-refractivity contribution is -0.140. The summed E-state index contributed by atoms with van der Waals surface area (Å²) in [6.07, 6.45) is -3.60. The van der Waals surface area contributed by atoms with Gasteiger partial charge in [0, 0.05) is 35.9 Å². The number of nitrogens with zero attached hydrogens (tertiary/aromatic N) is 4. The van der Waals surface area contributed by atoms with Crippen LogP contribution >= 0.6 is 0 Å². The van der Waals surface area contributed by atoms with Gasteiger partial charge in [-0.1, -0.05) is 18.2 Å². The molecule has 1 aliphatic heterocycles. The predicted molar refractivity (Wildman–Crippen MR) is 130 cm³/mol. The van der Waals surface area contributed by atoms with Crippen LogP contribution in [-0.4, -0.2) is 46.6 Å². The molecule has 188 valence electrons. The van der Waals surface area contributed by atoms with E-state index in [0.717, 1.165) is 17.3 Å². The summed E-state index contributed by atoms with van der Waals surface area (Å²) >= 11 is 0. The van der Waals surface area contributed by atoms with E-state index in [1.807, 2.05) is 24.8 Å². The van der Waals surface area contributed by atoms with Crippen molar-refractivity contribution in [3.05, 3.63) is 65.0 Å². The van der Waals surface area contributed by atoms with E-state index in [2.05, 4.69) is 10.3 Å². The van der Waals surface area contributed by atoms with E-state index in [1.165, 1.54) is 4.40 Å². The molecule has 5 rings (SSSR count). The van der Waals surface area contributed by atoms with Crippen molar-refractivity contribution in [2.75, 3.05) is 36.5 Å². The molecular formula is C25H25F3N6O2. The number of hydrogen-bond donors (Lipinski definition) is 2. The van der Waals surface area contributed by atoms with Crippen LogP contribution in [0.4, 0.5) is 24.8 Å². The molecule has 0 unspecified atom stereocenters. The lowest BCUT2D eigenvalue weighted by Gasteiger charge is -2.29. The average Bonchev–Trinajstić information content (AvgIpc) is 3.30. The number of morpholine rings is 1. The van der Waals surface area contributed by atoms with Crippen molar-refractivity contribution in [1.29, 1.82) is 0 Å². The van der Waals surface area contributed by atoms with Crippen molar-refractivity contribution in [1.82, 2.24) is 14.4 Å². The molecule has 1 atom stereocenters. The van der Waals surface area contributed by atoms with E-state index in [9.17, 15) is 18.0 Å². The zero-order valence-corrected chi connectivity index (χ0v) is 19.8. The Hall–Kier alpha value is -3.86. The summed E-state index contributed by atoms with van der Waals surface area (Å²) in [7, 11) is 0. The highest BCUT2D eigenvalue weighted by Crippen LogP contribution is 2.35. The van der Waals surface area contributed by atoms with Gasteiger partial charge in [-0.3, -0.25) is 9.20 Å². The topological polar surface area (TPSA) is 97.8 Å². The van der Waals surface area contributed by atoms with Gasteiger partial charge in [-0.05, 0) is 37.6 Å². The second-order valence-electron chi connectivity index (χ2n) is 8.85. The number of carbonyl (C=O) groups is 1. The van der Waals surface area contributed by atoms with E-state index < -0.39 is 17.8 Å². The molecule has 1 saturated heterocycles. The van der Waals surface area contributed by atoms with E-state index in [-0.39, 0.29) is 11.7 Å². The van der Waals surface area contributed by atoms with Crippen molar-refractivity contribution >= 4 is 34.1 Å². The summed E-state index contributed by atoms with van der Waals surface area (Å²) in [5, 5.41) is 3.83. The van der Waals surface area contributed by atoms with Crippen LogP contribution in [-0.2, 0) is 10.9 Å². The monoisotopic (exact) mass is 498 g/mol. The molecule has 8 nitrogen and oxygen atoms in total. The predicted octanol–water partition coefficient (Wildman–Crippen LogP) is 4.32. The number of para-hydroxylation sites is 1. The van der Waals surface area contributed by atoms with E-state index >= 15 is 0 Å². The number of alkyl halides is 3. The third-order valence-corrected chi connectivity index (χ3v) is 6.27. The summed E-state index contributed by atoms with van der Waals surface area (Å²) in [6.45, 7) is 5.66. The van der Waals surface area contributed by atoms with Crippen LogP contribution in [0.1, 0.15) is 40.1 Å². The first-order chi connectivity index (χ1) is 17.1. The Balaban J connectivity index is 1.71. The van der Waals surface area contributed by atoms with Crippen molar-refractivity contribution in [3.8, 4) is 0 Å². The van der Waals surface area contributed by atoms with Gasteiger partial charge in [0.25, 0.3) is 5.91 Å². The Morgan fingerprint density at radius 3 is 2.58 bits per heavy atom. The quantitative estimate of drug-likeness (QED) is 0.425. The van der Waals surface area contributed by atoms with Gasteiger partial charge in [0.2, 0.25) is 5.95 Å². The Kier molecular flexibility index (Phi) is 5.95. The number of carbonyl (C=O) groups excluding carboxylic acids is 1. The minimum Gasteiger partial charge on any atom is -0.378 e. The molecule has 1 fully saturated rings. The third-order valence-electron chi connectivity index (χ3n) is 6.27. The van der Waals surface area contributed by atoms with Crippen molar-refractivity contribution < 1.29 is 22.7 Å². The van der Waals surface area contributed by atoms with Gasteiger partial charge >= 0.3 is 6.18 Å². The van der Waals surface area contributed by atoms with Gasteiger partial charge in [-0.2, -0.15) is 13.2 Å². The van der Waals surface area contributed by atoms with Crippen LogP contribution in [0.3, 0.4) is 0 Å². The molecule has 1 aliphatic rings. The molecule has 0 bridgehead atoms. The standard InChI is InChI=1S/C25H25F3N6O2/c1-14-11-17(15(2)30-19-6-4-3-5-16(19)22(29)35)21-18(12-14)23-31-20(25(26,27)28)13-34(23)24(32-21)33-7-9-36-10-8-33/h3-6,11-13,15,30H,7-10H2,1-2H3,(H2,29,35)/t15-/m1/s1. The Morgan fingerprint density at radius 2 is 1.89 bits per heavy atom. The number of halogens is 3. The number of benzene rings is 2. The molecule has 3 heterocycles. The van der Waals surface area contributed by atoms with Gasteiger partial charge in [0.15, 0.2) is 5.69 Å². The molecule has 36 heavy (non-hydrogen) atoms. The first-order valence-electron chi connectivity index (χ1n) is 11.5. The first-order valence-corrected chi connectivity index (χ1v) is 11.5. The Labute approximate surface area is 204 Å². The maximum Gasteiger partial charge on any atom is 0.434 e. The van der Waals surface area contributed by atoms with Crippen LogP contribution < -0.4 is 16.0 Å². The smallest absolute Gasteiger partial charge is 0.378 e. The van der Waals surface area contributed by atoms with Gasteiger partial charge in [-0.15, -0.1) is 0 Å². The van der Waals surface area contributed by atoms with Crippen molar-refractivity contribution in [2.24, 2.45) is 5.73 Å². The van der Waals surface area contributed by atoms with Gasteiger partial charge < -0.3 is 20.7 Å². The number of ether oxygens (including phenoxy) is 1. The molecule has 11 heteroatoms. The number of fused-ring (bicyclic) bond motifs is 3. The molecular weight excluding hydrogens is 473 g/mol. The number of imidazole rings is 1. The Bertz CT molecular complexity index is 1460. The molecule has 4 aromatic rings. The zero-order chi connectivity index (χ0) is 25.6. The highest BCUT2D eigenvalue weighted by Gasteiger charge is 2.35. The van der Waals surface area contributed by atoms with E-state index in [1.54, 1.807) is 30.3 Å². The fourth-order valence-electron chi connectivity index (χ4n) is 4.57. The number of amides is 1. The number of nitrogens with two attached hydrogens (primary N) is 1. The number of hydrogen-bond acceptors (Lipinski definition) is 6. The lowest BCUT2D eigenvalue weighted by Crippen LogP contribution is -2.38. The largest absolute Gasteiger partial charge is 0.434 e. The summed E-state index contributed by atoms with van der Waals surface area (Å²) < 4.78 is 47.8. The number of rotatable bonds is 5. The van der Waals surface area contributed by atoms with Gasteiger partial charge in [0.1, 0.15) is 5.65 Å². The van der Waals surface area contributed by atoms with Crippen LogP contribution in [0.5, 0.6) is 0 Å². The van der Waals surface area contributed by atoms with E-state index in [0.29, 0.717) is 54.4 Å². The van der Waals surface area contributed by atoms with Crippen molar-refractivity contribution in [2.45, 2.75) is 26.1 Å². The van der Waals surface area contributed by atoms with Gasteiger partial charge in [0.05, 0.1) is 30.3 Å². The maximum absolute atomic E-state index is 13.7. The van der Waals surface area contributed by atoms with Crippen LogP contribution in [0, 0.1) is 6.92 Å². The first kappa shape index (κ1) is 23.9. The summed E-state index contributed by atoms with van der Waals surface area (Å²) in [5.41, 5.74) is 7.78. The molecule has 1 amide bonds. The SMILES string of the molecule is Cc1cc([C@@H](C)Nc2ccccc2C(N)=O)c2nc(N3CCOCC3)n3cc(C(F)(F)F)nc3c2c1. The Morgan fingerprint density at radius 1 is 1.17 bits per heavy atom. The molecule has 0 radical (unpaired) electrons. The van der Waals surface area contributed by atoms with E-state index in [4.69, 9.17) is 15.5 Å². The van der Waals surface area contributed by atoms with Crippen LogP contribution in [0.15, 0.2) is 42.6 Å². The van der Waals surface area contributed by atoms with Crippen LogP contribution in [0.25, 0.3) is 16.6 Å². The van der Waals surface area contributed by atoms with Crippen LogP contribution in [0.2, 0.25) is 0 Å². The fourth-order valence-corrected chi connectivity index (χ4v) is 4.57. The lowest BCUT2D eigenvalue weighted by atomic mass is 10.0. The highest BCUT2D eigenvalue weighted by atomic mass is 19.4. The number of primary amides is 1. The number of aryl methyl sites for hydroxylation is 1. The maximum atomic E-state index is 13.7. The normalized spacial score (nSPS) is 15.4. The summed E-state index contributed by atoms with van der Waals surface area (Å²) in [6, 6.07) is 10.3. The number of aromatic nitrogens is 3. The molecule has 0 saturated carbocycles. The second kappa shape index (κ2) is 8.98. The molecule has 2 aromatic heterocycles. The van der Waals surface area contributed by atoms with Crippen molar-refractivity contribution in [3.63, 3.8) is 0 Å². The average molecular weight is 499 g/mol. The summed E-state index contributed by atoms with van der Waals surface area (Å²) in [4.78, 5) is 22.7. The number of anilines is 2. The zero-order valence-electron chi connectivity index (χ0n) is 19.8. The molecule has 2 aromatic carbocycles. The molecule has 0 spiro atoms. The van der Waals surface area contributed by atoms with Gasteiger partial charge in [-0.25, -0.2) is 9.97 Å². The fraction of sp³-hybridized carbons (Fsp3) is 0.320. The second-order valence-corrected chi connectivity index (χ2v) is 8.85. The summed E-state index contributed by atoms with van der Waals surface area (Å²) in [5.74, 6) is -0.190. The highest BCUT2D eigenvalue weighted by molar-refractivity contribution is 5.99. The number of nitrogens with one attached hydrogen (secondary N) is 1. The minimum atomic E-state index is -4.60. The minimum absolute atomic E-state index is 0.184. The molecule has 0 aliphatic carbocycles. The molecule has 3 N–H and O–H groups in total.